The molecule has 0 atom stereocenters. The van der Waals surface area contributed by atoms with Crippen molar-refractivity contribution in [1.29, 1.82) is 0 Å². The number of rotatable bonds is 3. The lowest BCUT2D eigenvalue weighted by Crippen LogP contribution is -2.28. The molecule has 0 spiro atoms. The van der Waals surface area contributed by atoms with Crippen molar-refractivity contribution in [3.05, 3.63) is 34.9 Å². The van der Waals surface area contributed by atoms with E-state index in [1.807, 2.05) is 13.8 Å². The molecule has 0 aliphatic heterocycles. The van der Waals surface area contributed by atoms with Crippen LogP contribution in [0, 0.1) is 5.41 Å². The van der Waals surface area contributed by atoms with E-state index < -0.39 is 5.41 Å². The summed E-state index contributed by atoms with van der Waals surface area (Å²) in [4.78, 5) is 11.7. The number of carbonyl (C=O) groups is 1. The third-order valence-electron chi connectivity index (χ3n) is 3.80. The number of ether oxygens (including phenoxy) is 1. The van der Waals surface area contributed by atoms with Crippen molar-refractivity contribution in [3.63, 3.8) is 0 Å². The second-order valence-corrected chi connectivity index (χ2v) is 5.86. The van der Waals surface area contributed by atoms with Gasteiger partial charge in [0.1, 0.15) is 0 Å². The van der Waals surface area contributed by atoms with Gasteiger partial charge in [0.25, 0.3) is 0 Å². The predicted molar refractivity (Wildman–Crippen MR) is 72.6 cm³/mol. The number of fused-ring (bicyclic) bond motifs is 1. The molecule has 2 nitrogen and oxygen atoms in total. The van der Waals surface area contributed by atoms with Gasteiger partial charge in [-0.25, -0.2) is 0 Å². The van der Waals surface area contributed by atoms with Gasteiger partial charge in [-0.1, -0.05) is 18.2 Å². The van der Waals surface area contributed by atoms with Crippen LogP contribution >= 0.6 is 0 Å². The fourth-order valence-electron chi connectivity index (χ4n) is 2.76. The second-order valence-electron chi connectivity index (χ2n) is 5.86. The van der Waals surface area contributed by atoms with Crippen LogP contribution < -0.4 is 0 Å². The molecule has 2 rings (SSSR count). The summed E-state index contributed by atoms with van der Waals surface area (Å²) in [5, 5.41) is 0. The maximum Gasteiger partial charge on any atom is 0.311 e. The van der Waals surface area contributed by atoms with E-state index >= 15 is 0 Å². The van der Waals surface area contributed by atoms with E-state index in [0.29, 0.717) is 0 Å². The summed E-state index contributed by atoms with van der Waals surface area (Å²) in [6, 6.07) is 6.67. The first-order chi connectivity index (χ1) is 8.53. The van der Waals surface area contributed by atoms with E-state index in [9.17, 15) is 4.79 Å². The fourth-order valence-corrected chi connectivity index (χ4v) is 2.76. The minimum atomic E-state index is -0.447. The SMILES string of the molecule is COC(=O)C(C)(C)Cc1ccc2c(c1)CCCC2. The number of esters is 1. The second kappa shape index (κ2) is 5.13. The molecule has 2 heteroatoms. The zero-order valence-corrected chi connectivity index (χ0v) is 11.6. The lowest BCUT2D eigenvalue weighted by atomic mass is 9.83. The molecule has 0 unspecified atom stereocenters. The van der Waals surface area contributed by atoms with E-state index in [-0.39, 0.29) is 5.97 Å². The summed E-state index contributed by atoms with van der Waals surface area (Å²) < 4.78 is 4.86. The summed E-state index contributed by atoms with van der Waals surface area (Å²) >= 11 is 0. The van der Waals surface area contributed by atoms with Crippen LogP contribution in [-0.2, 0) is 28.8 Å². The number of methoxy groups -OCH3 is 1. The highest BCUT2D eigenvalue weighted by atomic mass is 16.5. The quantitative estimate of drug-likeness (QED) is 0.765. The average Bonchev–Trinajstić information content (AvgIpc) is 2.37. The van der Waals surface area contributed by atoms with Crippen LogP contribution in [-0.4, -0.2) is 13.1 Å². The van der Waals surface area contributed by atoms with Gasteiger partial charge < -0.3 is 4.74 Å². The zero-order valence-electron chi connectivity index (χ0n) is 11.6. The maximum absolute atomic E-state index is 11.7. The molecule has 0 heterocycles. The molecule has 0 aromatic heterocycles. The Kier molecular flexibility index (Phi) is 3.74. The minimum absolute atomic E-state index is 0.139. The Balaban J connectivity index is 2.17. The molecule has 0 saturated carbocycles. The number of hydrogen-bond acceptors (Lipinski definition) is 2. The summed E-state index contributed by atoms with van der Waals surface area (Å²) in [6.45, 7) is 3.89. The van der Waals surface area contributed by atoms with Gasteiger partial charge in [0, 0.05) is 0 Å². The van der Waals surface area contributed by atoms with Crippen LogP contribution in [0.1, 0.15) is 43.4 Å². The van der Waals surface area contributed by atoms with Crippen LogP contribution in [0.4, 0.5) is 0 Å². The molecule has 0 saturated heterocycles. The van der Waals surface area contributed by atoms with Gasteiger partial charge in [0.15, 0.2) is 0 Å². The summed E-state index contributed by atoms with van der Waals surface area (Å²) in [7, 11) is 1.46. The Bertz CT molecular complexity index is 446. The van der Waals surface area contributed by atoms with Crippen molar-refractivity contribution in [3.8, 4) is 0 Å². The molecule has 1 aromatic rings. The first-order valence-corrected chi connectivity index (χ1v) is 6.72. The molecule has 0 radical (unpaired) electrons. The Morgan fingerprint density at radius 1 is 1.22 bits per heavy atom. The number of benzene rings is 1. The van der Waals surface area contributed by atoms with Crippen molar-refractivity contribution in [2.45, 2.75) is 46.0 Å². The summed E-state index contributed by atoms with van der Waals surface area (Å²) in [6.07, 6.45) is 5.72. The van der Waals surface area contributed by atoms with Crippen LogP contribution in [0.3, 0.4) is 0 Å². The molecule has 0 fully saturated rings. The fraction of sp³-hybridized carbons (Fsp3) is 0.562. The highest BCUT2D eigenvalue weighted by Crippen LogP contribution is 2.27. The largest absolute Gasteiger partial charge is 0.469 e. The minimum Gasteiger partial charge on any atom is -0.469 e. The van der Waals surface area contributed by atoms with Gasteiger partial charge in [0.05, 0.1) is 12.5 Å². The number of hydrogen-bond donors (Lipinski definition) is 0. The first kappa shape index (κ1) is 13.1. The van der Waals surface area contributed by atoms with Gasteiger partial charge >= 0.3 is 5.97 Å². The molecule has 0 N–H and O–H groups in total. The molecule has 0 bridgehead atoms. The van der Waals surface area contributed by atoms with Crippen molar-refractivity contribution < 1.29 is 9.53 Å². The van der Waals surface area contributed by atoms with E-state index in [1.165, 1.54) is 49.5 Å². The highest BCUT2D eigenvalue weighted by Gasteiger charge is 2.29. The monoisotopic (exact) mass is 246 g/mol. The predicted octanol–water partition coefficient (Wildman–Crippen LogP) is 3.31. The van der Waals surface area contributed by atoms with Crippen LogP contribution in [0.2, 0.25) is 0 Å². The average molecular weight is 246 g/mol. The Morgan fingerprint density at radius 2 is 1.89 bits per heavy atom. The lowest BCUT2D eigenvalue weighted by Gasteiger charge is -2.23. The van der Waals surface area contributed by atoms with Gasteiger partial charge in [-0.15, -0.1) is 0 Å². The lowest BCUT2D eigenvalue weighted by molar-refractivity contribution is -0.150. The first-order valence-electron chi connectivity index (χ1n) is 6.72. The Hall–Kier alpha value is -1.31. The van der Waals surface area contributed by atoms with E-state index in [4.69, 9.17) is 4.74 Å². The number of carbonyl (C=O) groups excluding carboxylic acids is 1. The van der Waals surface area contributed by atoms with Crippen molar-refractivity contribution in [1.82, 2.24) is 0 Å². The molecule has 18 heavy (non-hydrogen) atoms. The van der Waals surface area contributed by atoms with E-state index in [0.717, 1.165) is 6.42 Å². The van der Waals surface area contributed by atoms with E-state index in [1.54, 1.807) is 0 Å². The van der Waals surface area contributed by atoms with E-state index in [2.05, 4.69) is 18.2 Å². The standard InChI is InChI=1S/C16H22O2/c1-16(2,15(17)18-3)11-12-8-9-13-6-4-5-7-14(13)10-12/h8-10H,4-7,11H2,1-3H3. The molecular formula is C16H22O2. The van der Waals surface area contributed by atoms with Crippen LogP contribution in [0.15, 0.2) is 18.2 Å². The highest BCUT2D eigenvalue weighted by molar-refractivity contribution is 5.76. The molecule has 0 amide bonds. The normalized spacial score (nSPS) is 15.1. The smallest absolute Gasteiger partial charge is 0.311 e. The third kappa shape index (κ3) is 2.74. The van der Waals surface area contributed by atoms with Gasteiger partial charge in [-0.05, 0) is 62.6 Å². The Labute approximate surface area is 109 Å². The number of aryl methyl sites for hydroxylation is 2. The molecule has 1 aliphatic carbocycles. The van der Waals surface area contributed by atoms with Crippen molar-refractivity contribution in [2.75, 3.05) is 7.11 Å². The molecule has 1 aromatic carbocycles. The van der Waals surface area contributed by atoms with Crippen LogP contribution in [0.25, 0.3) is 0 Å². The third-order valence-corrected chi connectivity index (χ3v) is 3.80. The topological polar surface area (TPSA) is 26.3 Å². The summed E-state index contributed by atoms with van der Waals surface area (Å²) in [5.74, 6) is -0.139. The van der Waals surface area contributed by atoms with Gasteiger partial charge in [-0.2, -0.15) is 0 Å². The zero-order chi connectivity index (χ0) is 13.2. The molecule has 98 valence electrons. The maximum atomic E-state index is 11.7. The van der Waals surface area contributed by atoms with Gasteiger partial charge in [0.2, 0.25) is 0 Å². The molecular weight excluding hydrogens is 224 g/mol. The van der Waals surface area contributed by atoms with Crippen molar-refractivity contribution in [2.24, 2.45) is 5.41 Å². The Morgan fingerprint density at radius 3 is 2.56 bits per heavy atom. The van der Waals surface area contributed by atoms with Gasteiger partial charge in [-0.3, -0.25) is 4.79 Å². The summed E-state index contributed by atoms with van der Waals surface area (Å²) in [5.41, 5.74) is 3.75. The molecule has 1 aliphatic rings. The van der Waals surface area contributed by atoms with Crippen molar-refractivity contribution >= 4 is 5.97 Å². The van der Waals surface area contributed by atoms with Crippen LogP contribution in [0.5, 0.6) is 0 Å².